The lowest BCUT2D eigenvalue weighted by atomic mass is 9.99. The van der Waals surface area contributed by atoms with Crippen molar-refractivity contribution in [3.8, 4) is 0 Å². The lowest BCUT2D eigenvalue weighted by molar-refractivity contribution is 0.482. The summed E-state index contributed by atoms with van der Waals surface area (Å²) in [5.74, 6) is -0.943. The van der Waals surface area contributed by atoms with Crippen LogP contribution in [-0.4, -0.2) is 13.1 Å². The van der Waals surface area contributed by atoms with Gasteiger partial charge >= 0.3 is 0 Å². The second-order valence-corrected chi connectivity index (χ2v) is 4.39. The average Bonchev–Trinajstić information content (AvgIpc) is 2.27. The van der Waals surface area contributed by atoms with Gasteiger partial charge in [-0.05, 0) is 45.4 Å². The molecule has 0 fully saturated rings. The second kappa shape index (κ2) is 6.50. The van der Waals surface area contributed by atoms with Crippen LogP contribution in [0.4, 0.5) is 8.78 Å². The largest absolute Gasteiger partial charge is 0.317 e. The summed E-state index contributed by atoms with van der Waals surface area (Å²) in [5, 5.41) is 3.09. The fourth-order valence-corrected chi connectivity index (χ4v) is 1.74. The summed E-state index contributed by atoms with van der Waals surface area (Å²) in [6.45, 7) is 5.78. The van der Waals surface area contributed by atoms with E-state index in [0.29, 0.717) is 6.42 Å². The molecule has 3 heteroatoms. The highest BCUT2D eigenvalue weighted by molar-refractivity contribution is 5.20. The predicted molar refractivity (Wildman–Crippen MR) is 67.0 cm³/mol. The van der Waals surface area contributed by atoms with E-state index in [-0.39, 0.29) is 11.6 Å². The van der Waals surface area contributed by atoms with Gasteiger partial charge in [0.25, 0.3) is 0 Å². The first-order valence-electron chi connectivity index (χ1n) is 5.79. The smallest absolute Gasteiger partial charge is 0.129 e. The van der Waals surface area contributed by atoms with Gasteiger partial charge in [0.2, 0.25) is 0 Å². The lowest BCUT2D eigenvalue weighted by Gasteiger charge is -2.17. The van der Waals surface area contributed by atoms with Crippen LogP contribution in [0.1, 0.15) is 25.3 Å². The zero-order valence-electron chi connectivity index (χ0n) is 10.4. The molecule has 1 N–H and O–H groups in total. The Hall–Kier alpha value is -1.22. The number of hydrogen-bond donors (Lipinski definition) is 1. The molecule has 1 unspecified atom stereocenters. The second-order valence-electron chi connectivity index (χ2n) is 4.39. The van der Waals surface area contributed by atoms with E-state index >= 15 is 0 Å². The van der Waals surface area contributed by atoms with E-state index in [0.717, 1.165) is 18.4 Å². The summed E-state index contributed by atoms with van der Waals surface area (Å²) in [4.78, 5) is 0. The number of nitrogens with one attached hydrogen (secondary N) is 1. The zero-order valence-corrected chi connectivity index (χ0v) is 10.4. The van der Waals surface area contributed by atoms with Gasteiger partial charge in [-0.2, -0.15) is 0 Å². The molecule has 1 aromatic carbocycles. The van der Waals surface area contributed by atoms with Crippen molar-refractivity contribution in [3.05, 3.63) is 47.5 Å². The first-order chi connectivity index (χ1) is 8.04. The van der Waals surface area contributed by atoms with E-state index < -0.39 is 11.6 Å². The van der Waals surface area contributed by atoms with Crippen LogP contribution < -0.4 is 5.32 Å². The van der Waals surface area contributed by atoms with Gasteiger partial charge in [0, 0.05) is 11.6 Å². The van der Waals surface area contributed by atoms with Crippen LogP contribution >= 0.6 is 0 Å². The Morgan fingerprint density at radius 2 is 1.94 bits per heavy atom. The number of allylic oxidation sites excluding steroid dienone is 1. The predicted octanol–water partition coefficient (Wildman–Crippen LogP) is 3.45. The van der Waals surface area contributed by atoms with Crippen molar-refractivity contribution >= 4 is 0 Å². The first kappa shape index (κ1) is 13.8. The summed E-state index contributed by atoms with van der Waals surface area (Å²) in [7, 11) is 1.81. The van der Waals surface area contributed by atoms with Gasteiger partial charge < -0.3 is 5.32 Å². The van der Waals surface area contributed by atoms with Crippen molar-refractivity contribution in [3.63, 3.8) is 0 Å². The van der Waals surface area contributed by atoms with Crippen LogP contribution in [0.2, 0.25) is 0 Å². The maximum atomic E-state index is 13.5. The molecule has 0 aliphatic rings. The van der Waals surface area contributed by atoms with E-state index in [9.17, 15) is 8.78 Å². The van der Waals surface area contributed by atoms with Crippen LogP contribution in [0, 0.1) is 11.6 Å². The monoisotopic (exact) mass is 239 g/mol. The molecule has 0 aliphatic carbocycles. The van der Waals surface area contributed by atoms with E-state index in [1.54, 1.807) is 0 Å². The van der Waals surface area contributed by atoms with E-state index in [1.807, 2.05) is 14.0 Å². The molecule has 0 heterocycles. The number of hydrogen-bond acceptors (Lipinski definition) is 1. The Morgan fingerprint density at radius 3 is 2.41 bits per heavy atom. The average molecular weight is 239 g/mol. The zero-order chi connectivity index (χ0) is 12.8. The van der Waals surface area contributed by atoms with Gasteiger partial charge in [0.05, 0.1) is 0 Å². The van der Waals surface area contributed by atoms with E-state index in [2.05, 4.69) is 11.9 Å². The molecule has 0 aromatic heterocycles. The molecule has 0 aliphatic heterocycles. The molecule has 94 valence electrons. The number of benzene rings is 1. The topological polar surface area (TPSA) is 12.0 Å². The Bertz CT molecular complexity index is 368. The Labute approximate surface area is 102 Å². The Kier molecular flexibility index (Phi) is 5.29. The molecule has 0 saturated heterocycles. The summed E-state index contributed by atoms with van der Waals surface area (Å²) in [6.07, 6.45) is 2.06. The van der Waals surface area contributed by atoms with Crippen LogP contribution in [0.3, 0.4) is 0 Å². The third kappa shape index (κ3) is 4.27. The molecule has 1 rings (SSSR count). The highest BCUT2D eigenvalue weighted by atomic mass is 19.1. The first-order valence-corrected chi connectivity index (χ1v) is 5.79. The third-order valence-electron chi connectivity index (χ3n) is 2.84. The van der Waals surface area contributed by atoms with Gasteiger partial charge in [-0.1, -0.05) is 11.6 Å². The Morgan fingerprint density at radius 1 is 1.35 bits per heavy atom. The molecule has 1 nitrogen and oxygen atoms in total. The third-order valence-corrected chi connectivity index (χ3v) is 2.84. The number of halogens is 2. The van der Waals surface area contributed by atoms with Crippen molar-refractivity contribution in [1.29, 1.82) is 0 Å². The highest BCUT2D eigenvalue weighted by Gasteiger charge is 2.14. The van der Waals surface area contributed by atoms with Crippen molar-refractivity contribution < 1.29 is 8.78 Å². The van der Waals surface area contributed by atoms with Gasteiger partial charge in [-0.3, -0.25) is 0 Å². The molecule has 0 saturated carbocycles. The van der Waals surface area contributed by atoms with Crippen molar-refractivity contribution in [2.24, 2.45) is 0 Å². The van der Waals surface area contributed by atoms with Crippen LogP contribution in [0.5, 0.6) is 0 Å². The Balaban J connectivity index is 2.70. The maximum absolute atomic E-state index is 13.5. The standard InChI is InChI=1S/C14H19F2N/c1-10(2)7-8-11(17-3)9-12-13(15)5-4-6-14(12)16/h4-6,11,17H,1,7-9H2,2-3H3. The summed E-state index contributed by atoms with van der Waals surface area (Å²) in [6, 6.07) is 4.04. The van der Waals surface area contributed by atoms with Crippen LogP contribution in [-0.2, 0) is 6.42 Å². The normalized spacial score (nSPS) is 12.5. The minimum atomic E-state index is -0.472. The van der Waals surface area contributed by atoms with Gasteiger partial charge in [0.1, 0.15) is 11.6 Å². The number of likely N-dealkylation sites (N-methyl/N-ethyl adjacent to an activating group) is 1. The number of rotatable bonds is 6. The van der Waals surface area contributed by atoms with Gasteiger partial charge in [-0.15, -0.1) is 6.58 Å². The highest BCUT2D eigenvalue weighted by Crippen LogP contribution is 2.16. The lowest BCUT2D eigenvalue weighted by Crippen LogP contribution is -2.28. The van der Waals surface area contributed by atoms with Gasteiger partial charge in [-0.25, -0.2) is 8.78 Å². The molecule has 0 amide bonds. The van der Waals surface area contributed by atoms with E-state index in [4.69, 9.17) is 0 Å². The molecule has 1 aromatic rings. The SMILES string of the molecule is C=C(C)CCC(Cc1c(F)cccc1F)NC. The van der Waals surface area contributed by atoms with Crippen molar-refractivity contribution in [1.82, 2.24) is 5.32 Å². The summed E-state index contributed by atoms with van der Waals surface area (Å²) in [5.41, 5.74) is 1.24. The maximum Gasteiger partial charge on any atom is 0.129 e. The molecule has 0 radical (unpaired) electrons. The van der Waals surface area contributed by atoms with Crippen molar-refractivity contribution in [2.45, 2.75) is 32.2 Å². The summed E-state index contributed by atoms with van der Waals surface area (Å²) >= 11 is 0. The van der Waals surface area contributed by atoms with Crippen molar-refractivity contribution in [2.75, 3.05) is 7.05 Å². The van der Waals surface area contributed by atoms with Crippen LogP contribution in [0.25, 0.3) is 0 Å². The molecule has 1 atom stereocenters. The molecule has 17 heavy (non-hydrogen) atoms. The minimum absolute atomic E-state index is 0.0677. The minimum Gasteiger partial charge on any atom is -0.317 e. The van der Waals surface area contributed by atoms with E-state index in [1.165, 1.54) is 18.2 Å². The molecule has 0 spiro atoms. The van der Waals surface area contributed by atoms with Crippen LogP contribution in [0.15, 0.2) is 30.4 Å². The summed E-state index contributed by atoms with van der Waals surface area (Å²) < 4.78 is 26.9. The molecule has 0 bridgehead atoms. The quantitative estimate of drug-likeness (QED) is 0.750. The van der Waals surface area contributed by atoms with Gasteiger partial charge in [0.15, 0.2) is 0 Å². The fourth-order valence-electron chi connectivity index (χ4n) is 1.74. The fraction of sp³-hybridized carbons (Fsp3) is 0.429. The molecular weight excluding hydrogens is 220 g/mol. The molecular formula is C14H19F2N.